The number of fused-ring (bicyclic) bond motifs is 1. The number of halogens is 1. The third kappa shape index (κ3) is 1.50. The van der Waals surface area contributed by atoms with Gasteiger partial charge in [-0.3, -0.25) is 9.55 Å². The van der Waals surface area contributed by atoms with E-state index in [1.165, 1.54) is 4.57 Å². The first-order valence-electron chi connectivity index (χ1n) is 4.83. The zero-order valence-electron chi connectivity index (χ0n) is 8.48. The molecule has 86 valence electrons. The zero-order valence-corrected chi connectivity index (χ0v) is 9.23. The van der Waals surface area contributed by atoms with Crippen molar-refractivity contribution in [1.29, 1.82) is 0 Å². The van der Waals surface area contributed by atoms with E-state index in [-0.39, 0.29) is 5.69 Å². The van der Waals surface area contributed by atoms with Crippen molar-refractivity contribution in [3.63, 3.8) is 0 Å². The van der Waals surface area contributed by atoms with Crippen molar-refractivity contribution in [2.75, 3.05) is 0 Å². The minimum absolute atomic E-state index is 0.347. The SMILES string of the molecule is O=c1[nH]c2cn(-c3ccc(Cl)cc3)c(=O)n2[nH]1. The molecule has 3 aromatic rings. The number of hydrogen-bond acceptors (Lipinski definition) is 2. The predicted molar refractivity (Wildman–Crippen MR) is 63.0 cm³/mol. The highest BCUT2D eigenvalue weighted by Gasteiger charge is 2.08. The summed E-state index contributed by atoms with van der Waals surface area (Å²) >= 11 is 5.77. The lowest BCUT2D eigenvalue weighted by molar-refractivity contribution is 0.840. The summed E-state index contributed by atoms with van der Waals surface area (Å²) in [5.74, 6) is 0. The molecule has 0 saturated heterocycles. The minimum Gasteiger partial charge on any atom is -0.290 e. The van der Waals surface area contributed by atoms with E-state index in [9.17, 15) is 9.59 Å². The van der Waals surface area contributed by atoms with Gasteiger partial charge in [0.25, 0.3) is 0 Å². The number of imidazole rings is 1. The van der Waals surface area contributed by atoms with Crippen LogP contribution in [0.3, 0.4) is 0 Å². The van der Waals surface area contributed by atoms with Crippen LogP contribution in [0.15, 0.2) is 40.1 Å². The molecule has 2 heterocycles. The van der Waals surface area contributed by atoms with E-state index in [1.807, 2.05) is 0 Å². The van der Waals surface area contributed by atoms with Gasteiger partial charge in [-0.25, -0.2) is 14.7 Å². The van der Waals surface area contributed by atoms with Gasteiger partial charge in [-0.2, -0.15) is 4.52 Å². The fraction of sp³-hybridized carbons (Fsp3) is 0. The maximum absolute atomic E-state index is 11.9. The van der Waals surface area contributed by atoms with Crippen LogP contribution in [0.4, 0.5) is 0 Å². The Balaban J connectivity index is 2.27. The van der Waals surface area contributed by atoms with Crippen molar-refractivity contribution < 1.29 is 0 Å². The maximum Gasteiger partial charge on any atom is 0.353 e. The summed E-state index contributed by atoms with van der Waals surface area (Å²) in [6, 6.07) is 6.83. The molecule has 0 atom stereocenters. The Kier molecular flexibility index (Phi) is 1.99. The Bertz CT molecular complexity index is 790. The molecular formula is C10H7ClN4O2. The Labute approximate surface area is 99.1 Å². The van der Waals surface area contributed by atoms with E-state index >= 15 is 0 Å². The lowest BCUT2D eigenvalue weighted by atomic mass is 10.3. The molecular weight excluding hydrogens is 244 g/mol. The quantitative estimate of drug-likeness (QED) is 0.669. The van der Waals surface area contributed by atoms with Gasteiger partial charge < -0.3 is 0 Å². The van der Waals surface area contributed by atoms with Gasteiger partial charge in [-0.15, -0.1) is 0 Å². The summed E-state index contributed by atoms with van der Waals surface area (Å²) in [5, 5.41) is 2.97. The maximum atomic E-state index is 11.9. The fourth-order valence-corrected chi connectivity index (χ4v) is 1.80. The summed E-state index contributed by atoms with van der Waals surface area (Å²) in [4.78, 5) is 25.4. The van der Waals surface area contributed by atoms with Crippen molar-refractivity contribution in [1.82, 2.24) is 19.2 Å². The summed E-state index contributed by atoms with van der Waals surface area (Å²) in [7, 11) is 0. The highest BCUT2D eigenvalue weighted by atomic mass is 35.5. The first-order chi connectivity index (χ1) is 8.15. The second-order valence-corrected chi connectivity index (χ2v) is 3.98. The zero-order chi connectivity index (χ0) is 12.0. The van der Waals surface area contributed by atoms with E-state index < -0.39 is 5.69 Å². The molecule has 0 radical (unpaired) electrons. The molecule has 0 spiro atoms. The van der Waals surface area contributed by atoms with Crippen LogP contribution < -0.4 is 11.4 Å². The van der Waals surface area contributed by atoms with Gasteiger partial charge in [0.1, 0.15) is 0 Å². The van der Waals surface area contributed by atoms with Crippen molar-refractivity contribution >= 4 is 17.2 Å². The van der Waals surface area contributed by atoms with Gasteiger partial charge in [-0.05, 0) is 24.3 Å². The van der Waals surface area contributed by atoms with Crippen LogP contribution in [-0.2, 0) is 0 Å². The molecule has 17 heavy (non-hydrogen) atoms. The molecule has 0 bridgehead atoms. The van der Waals surface area contributed by atoms with Crippen LogP contribution in [0.2, 0.25) is 5.02 Å². The molecule has 3 rings (SSSR count). The van der Waals surface area contributed by atoms with E-state index in [2.05, 4.69) is 10.1 Å². The number of nitrogens with one attached hydrogen (secondary N) is 2. The smallest absolute Gasteiger partial charge is 0.290 e. The largest absolute Gasteiger partial charge is 0.353 e. The van der Waals surface area contributed by atoms with Crippen LogP contribution in [0, 0.1) is 0 Å². The summed E-state index contributed by atoms with van der Waals surface area (Å²) < 4.78 is 2.56. The Morgan fingerprint density at radius 1 is 1.12 bits per heavy atom. The van der Waals surface area contributed by atoms with Gasteiger partial charge in [0, 0.05) is 5.02 Å². The summed E-state index contributed by atoms with van der Waals surface area (Å²) in [6.07, 6.45) is 1.55. The molecule has 1 aromatic carbocycles. The van der Waals surface area contributed by atoms with E-state index in [1.54, 1.807) is 30.5 Å². The molecule has 0 unspecified atom stereocenters. The number of H-pyrrole nitrogens is 2. The molecule has 2 aromatic heterocycles. The number of nitrogens with zero attached hydrogens (tertiary/aromatic N) is 2. The van der Waals surface area contributed by atoms with Crippen molar-refractivity contribution in [2.24, 2.45) is 0 Å². The van der Waals surface area contributed by atoms with Gasteiger partial charge in [0.05, 0.1) is 11.9 Å². The molecule has 0 saturated carbocycles. The Morgan fingerprint density at radius 2 is 1.82 bits per heavy atom. The van der Waals surface area contributed by atoms with Crippen LogP contribution in [0.5, 0.6) is 0 Å². The molecule has 0 aliphatic carbocycles. The highest BCUT2D eigenvalue weighted by molar-refractivity contribution is 6.30. The standard InChI is InChI=1S/C10H7ClN4O2/c11-6-1-3-7(4-2-6)14-5-8-12-9(16)13-15(8)10(14)17/h1-5H,(H2,12,13,16). The second-order valence-electron chi connectivity index (χ2n) is 3.54. The summed E-state index contributed by atoms with van der Waals surface area (Å²) in [6.45, 7) is 0. The molecule has 7 heteroatoms. The molecule has 6 nitrogen and oxygen atoms in total. The van der Waals surface area contributed by atoms with Crippen LogP contribution >= 0.6 is 11.6 Å². The molecule has 0 aliphatic rings. The van der Waals surface area contributed by atoms with Crippen molar-refractivity contribution in [3.05, 3.63) is 56.5 Å². The molecule has 0 amide bonds. The van der Waals surface area contributed by atoms with Crippen LogP contribution in [0.25, 0.3) is 11.3 Å². The number of benzene rings is 1. The van der Waals surface area contributed by atoms with Gasteiger partial charge in [-0.1, -0.05) is 11.6 Å². The second kappa shape index (κ2) is 3.39. The molecule has 0 fully saturated rings. The lowest BCUT2D eigenvalue weighted by Crippen LogP contribution is -2.21. The monoisotopic (exact) mass is 250 g/mol. The number of aromatic amines is 2. The number of hydrogen-bond donors (Lipinski definition) is 2. The number of aromatic nitrogens is 4. The van der Waals surface area contributed by atoms with E-state index in [0.29, 0.717) is 16.4 Å². The number of rotatable bonds is 1. The average Bonchev–Trinajstić information content (AvgIpc) is 2.79. The third-order valence-electron chi connectivity index (χ3n) is 2.45. The van der Waals surface area contributed by atoms with Crippen molar-refractivity contribution in [3.8, 4) is 5.69 Å². The first-order valence-corrected chi connectivity index (χ1v) is 5.21. The molecule has 0 aliphatic heterocycles. The fourth-order valence-electron chi connectivity index (χ4n) is 1.67. The van der Waals surface area contributed by atoms with Crippen LogP contribution in [-0.4, -0.2) is 19.2 Å². The van der Waals surface area contributed by atoms with E-state index in [0.717, 1.165) is 4.52 Å². The Morgan fingerprint density at radius 3 is 2.47 bits per heavy atom. The predicted octanol–water partition coefficient (Wildman–Crippen LogP) is 0.760. The minimum atomic E-state index is -0.416. The highest BCUT2D eigenvalue weighted by Crippen LogP contribution is 2.12. The van der Waals surface area contributed by atoms with Gasteiger partial charge in [0.2, 0.25) is 0 Å². The summed E-state index contributed by atoms with van der Waals surface area (Å²) in [5.41, 5.74) is 0.327. The van der Waals surface area contributed by atoms with Crippen LogP contribution in [0.1, 0.15) is 0 Å². The Hall–Kier alpha value is -2.21. The van der Waals surface area contributed by atoms with Gasteiger partial charge in [0.15, 0.2) is 5.65 Å². The normalized spacial score (nSPS) is 11.1. The van der Waals surface area contributed by atoms with E-state index in [4.69, 9.17) is 11.6 Å². The molecule has 2 N–H and O–H groups in total. The first kappa shape index (κ1) is 9.98. The average molecular weight is 251 g/mol. The topological polar surface area (TPSA) is 75.1 Å². The van der Waals surface area contributed by atoms with Gasteiger partial charge >= 0.3 is 11.4 Å². The third-order valence-corrected chi connectivity index (χ3v) is 2.70. The lowest BCUT2D eigenvalue weighted by Gasteiger charge is -1.99. The van der Waals surface area contributed by atoms with Crippen molar-refractivity contribution in [2.45, 2.75) is 0 Å².